The number of amides is 2. The molecule has 5 heterocycles. The average molecular weight is 516 g/mol. The molecule has 194 valence electrons. The van der Waals surface area contributed by atoms with Crippen LogP contribution in [-0.4, -0.2) is 46.9 Å². The standard InChI is InChI=1S/C27H26FN7O3/c1-14(2)33-12-20-25(27(33)38)34(13-23(36)31-22-7-6-17(28)10-30-22)24-9-21(32-35(24)26(20)37)19-11-29-15(3)8-18(19)16-4-5-16/h6-11,14,16H,4-5,12-13H2,1-3H3,(H,30,31,36). The monoisotopic (exact) mass is 515 g/mol. The first-order chi connectivity index (χ1) is 18.2. The minimum absolute atomic E-state index is 0.135. The van der Waals surface area contributed by atoms with Gasteiger partial charge >= 0.3 is 0 Å². The third-order valence-electron chi connectivity index (χ3n) is 7.05. The van der Waals surface area contributed by atoms with E-state index in [0.29, 0.717) is 22.8 Å². The molecule has 0 saturated heterocycles. The van der Waals surface area contributed by atoms with Crippen LogP contribution in [0.1, 0.15) is 59.9 Å². The second kappa shape index (κ2) is 8.86. The van der Waals surface area contributed by atoms with E-state index in [1.807, 2.05) is 20.8 Å². The normalized spacial score (nSPS) is 15.0. The molecule has 0 atom stereocenters. The highest BCUT2D eigenvalue weighted by molar-refractivity contribution is 5.98. The predicted molar refractivity (Wildman–Crippen MR) is 137 cm³/mol. The maximum Gasteiger partial charge on any atom is 0.280 e. The van der Waals surface area contributed by atoms with Crippen LogP contribution in [0.25, 0.3) is 16.9 Å². The second-order valence-corrected chi connectivity index (χ2v) is 10.1. The van der Waals surface area contributed by atoms with Gasteiger partial charge in [-0.25, -0.2) is 9.37 Å². The van der Waals surface area contributed by atoms with E-state index in [9.17, 15) is 18.8 Å². The van der Waals surface area contributed by atoms with E-state index in [4.69, 9.17) is 0 Å². The Balaban J connectivity index is 1.49. The summed E-state index contributed by atoms with van der Waals surface area (Å²) in [6.45, 7) is 5.55. The van der Waals surface area contributed by atoms with Gasteiger partial charge in [-0.15, -0.1) is 0 Å². The van der Waals surface area contributed by atoms with Crippen LogP contribution in [0.2, 0.25) is 0 Å². The molecule has 10 nitrogen and oxygen atoms in total. The van der Waals surface area contributed by atoms with Gasteiger partial charge in [0.2, 0.25) is 5.91 Å². The first kappa shape index (κ1) is 24.0. The van der Waals surface area contributed by atoms with Crippen LogP contribution in [0.5, 0.6) is 0 Å². The molecule has 38 heavy (non-hydrogen) atoms. The van der Waals surface area contributed by atoms with Crippen molar-refractivity contribution in [3.8, 4) is 11.3 Å². The molecule has 0 unspecified atom stereocenters. The van der Waals surface area contributed by atoms with Crippen molar-refractivity contribution >= 4 is 23.3 Å². The van der Waals surface area contributed by atoms with E-state index in [1.54, 1.807) is 17.2 Å². The van der Waals surface area contributed by atoms with Crippen LogP contribution in [0.3, 0.4) is 0 Å². The van der Waals surface area contributed by atoms with E-state index in [-0.39, 0.29) is 42.1 Å². The summed E-state index contributed by atoms with van der Waals surface area (Å²) in [5.41, 5.74) is 3.84. The van der Waals surface area contributed by atoms with Crippen molar-refractivity contribution in [2.45, 2.75) is 58.7 Å². The van der Waals surface area contributed by atoms with E-state index < -0.39 is 11.7 Å². The van der Waals surface area contributed by atoms with Gasteiger partial charge in [0.1, 0.15) is 29.5 Å². The fourth-order valence-electron chi connectivity index (χ4n) is 5.00. The topological polar surface area (TPSA) is 114 Å². The molecule has 1 aliphatic heterocycles. The zero-order valence-electron chi connectivity index (χ0n) is 21.2. The summed E-state index contributed by atoms with van der Waals surface area (Å²) >= 11 is 0. The molecule has 2 amide bonds. The summed E-state index contributed by atoms with van der Waals surface area (Å²) in [4.78, 5) is 50.0. The van der Waals surface area contributed by atoms with E-state index in [2.05, 4.69) is 26.4 Å². The lowest BCUT2D eigenvalue weighted by Gasteiger charge is -2.20. The quantitative estimate of drug-likeness (QED) is 0.422. The minimum atomic E-state index is -0.523. The Hall–Kier alpha value is -4.41. The van der Waals surface area contributed by atoms with Gasteiger partial charge in [0.15, 0.2) is 0 Å². The molecule has 4 aromatic heterocycles. The first-order valence-electron chi connectivity index (χ1n) is 12.6. The van der Waals surface area contributed by atoms with Crippen LogP contribution < -0.4 is 10.9 Å². The largest absolute Gasteiger partial charge is 0.330 e. The number of pyridine rings is 2. The Labute approximate surface area is 217 Å². The van der Waals surface area contributed by atoms with Gasteiger partial charge in [-0.2, -0.15) is 9.61 Å². The maximum absolute atomic E-state index is 13.6. The highest BCUT2D eigenvalue weighted by atomic mass is 19.1. The van der Waals surface area contributed by atoms with Crippen LogP contribution in [0.15, 0.2) is 41.5 Å². The molecular formula is C27H26FN7O3. The number of hydrogen-bond donors (Lipinski definition) is 1. The Morgan fingerprint density at radius 1 is 1.16 bits per heavy atom. The molecule has 0 bridgehead atoms. The van der Waals surface area contributed by atoms with Crippen molar-refractivity contribution in [3.05, 3.63) is 75.3 Å². The number of aryl methyl sites for hydroxylation is 1. The molecule has 1 aliphatic carbocycles. The zero-order chi connectivity index (χ0) is 26.7. The lowest BCUT2D eigenvalue weighted by atomic mass is 10.0. The highest BCUT2D eigenvalue weighted by Crippen LogP contribution is 2.44. The number of carbonyl (C=O) groups excluding carboxylic acids is 2. The highest BCUT2D eigenvalue weighted by Gasteiger charge is 2.36. The summed E-state index contributed by atoms with van der Waals surface area (Å²) < 4.78 is 16.1. The predicted octanol–water partition coefficient (Wildman–Crippen LogP) is 3.28. The molecule has 1 N–H and O–H groups in total. The van der Waals surface area contributed by atoms with Crippen LogP contribution in [-0.2, 0) is 17.9 Å². The van der Waals surface area contributed by atoms with E-state index in [1.165, 1.54) is 21.2 Å². The van der Waals surface area contributed by atoms with Crippen molar-refractivity contribution in [1.82, 2.24) is 29.0 Å². The Morgan fingerprint density at radius 2 is 1.95 bits per heavy atom. The van der Waals surface area contributed by atoms with Crippen molar-refractivity contribution in [3.63, 3.8) is 0 Å². The van der Waals surface area contributed by atoms with Gasteiger partial charge < -0.3 is 14.8 Å². The van der Waals surface area contributed by atoms with Crippen LogP contribution in [0.4, 0.5) is 10.2 Å². The molecule has 6 rings (SSSR count). The van der Waals surface area contributed by atoms with Crippen molar-refractivity contribution in [2.75, 3.05) is 5.32 Å². The van der Waals surface area contributed by atoms with Crippen LogP contribution in [0, 0.1) is 12.7 Å². The number of hydrogen-bond acceptors (Lipinski definition) is 6. The van der Waals surface area contributed by atoms with Gasteiger partial charge in [0, 0.05) is 29.6 Å². The Morgan fingerprint density at radius 3 is 2.63 bits per heavy atom. The molecule has 1 saturated carbocycles. The number of fused-ring (bicyclic) bond motifs is 2. The van der Waals surface area contributed by atoms with Gasteiger partial charge in [-0.3, -0.25) is 19.4 Å². The summed E-state index contributed by atoms with van der Waals surface area (Å²) in [5, 5.41) is 7.28. The van der Waals surface area contributed by atoms with E-state index in [0.717, 1.165) is 35.9 Å². The Kier molecular flexibility index (Phi) is 5.59. The lowest BCUT2D eigenvalue weighted by Crippen LogP contribution is -2.32. The second-order valence-electron chi connectivity index (χ2n) is 10.1. The fraction of sp³-hybridized carbons (Fsp3) is 0.333. The average Bonchev–Trinajstić information content (AvgIpc) is 3.53. The van der Waals surface area contributed by atoms with Gasteiger partial charge in [0.05, 0.1) is 24.0 Å². The molecule has 0 radical (unpaired) electrons. The summed E-state index contributed by atoms with van der Waals surface area (Å²) in [5.74, 6) is -0.721. The number of carbonyl (C=O) groups is 2. The summed E-state index contributed by atoms with van der Waals surface area (Å²) in [6, 6.07) is 6.19. The van der Waals surface area contributed by atoms with Gasteiger partial charge in [-0.1, -0.05) is 0 Å². The molecule has 0 spiro atoms. The van der Waals surface area contributed by atoms with Crippen LogP contribution >= 0.6 is 0 Å². The molecule has 0 aromatic carbocycles. The van der Waals surface area contributed by atoms with Crippen molar-refractivity contribution in [2.24, 2.45) is 0 Å². The number of nitrogens with zero attached hydrogens (tertiary/aromatic N) is 6. The first-order valence-corrected chi connectivity index (χ1v) is 12.6. The number of nitrogens with one attached hydrogen (secondary N) is 1. The third-order valence-corrected chi connectivity index (χ3v) is 7.05. The fourth-order valence-corrected chi connectivity index (χ4v) is 5.00. The van der Waals surface area contributed by atoms with Gasteiger partial charge in [0.25, 0.3) is 11.5 Å². The maximum atomic E-state index is 13.6. The molecular weight excluding hydrogens is 489 g/mol. The number of anilines is 1. The Bertz CT molecular complexity index is 1670. The number of aromatic nitrogens is 5. The number of rotatable bonds is 6. The minimum Gasteiger partial charge on any atom is -0.330 e. The third kappa shape index (κ3) is 4.04. The van der Waals surface area contributed by atoms with Crippen molar-refractivity contribution in [1.29, 1.82) is 0 Å². The lowest BCUT2D eigenvalue weighted by molar-refractivity contribution is -0.116. The molecule has 4 aromatic rings. The van der Waals surface area contributed by atoms with Gasteiger partial charge in [-0.05, 0) is 63.3 Å². The number of halogens is 1. The van der Waals surface area contributed by atoms with Crippen molar-refractivity contribution < 1.29 is 14.0 Å². The summed E-state index contributed by atoms with van der Waals surface area (Å²) in [6.07, 6.45) is 4.95. The molecule has 1 fully saturated rings. The molecule has 11 heteroatoms. The summed E-state index contributed by atoms with van der Waals surface area (Å²) in [7, 11) is 0. The molecule has 2 aliphatic rings. The smallest absolute Gasteiger partial charge is 0.280 e. The zero-order valence-corrected chi connectivity index (χ0v) is 21.2. The van der Waals surface area contributed by atoms with E-state index >= 15 is 0 Å². The SMILES string of the molecule is Cc1cc(C2CC2)c(-c2cc3n(CC(=O)Nc4ccc(F)cn4)c4c(c(=O)n3n2)CN(C(C)C)C4=O)cn1.